The van der Waals surface area contributed by atoms with Crippen LogP contribution in [0.15, 0.2) is 0 Å². The Hall–Kier alpha value is 1.68. The molecule has 0 aromatic carbocycles. The van der Waals surface area contributed by atoms with Crippen molar-refractivity contribution < 1.29 is 20.8 Å². The van der Waals surface area contributed by atoms with E-state index < -0.39 is 28.9 Å². The summed E-state index contributed by atoms with van der Waals surface area (Å²) in [4.78, 5) is 0. The summed E-state index contributed by atoms with van der Waals surface area (Å²) in [5, 5.41) is 0. The first kappa shape index (κ1) is 37.7. The van der Waals surface area contributed by atoms with Crippen molar-refractivity contribution in [1.82, 2.24) is 0 Å². The molecule has 0 aromatic rings. The van der Waals surface area contributed by atoms with Crippen molar-refractivity contribution in [3.8, 4) is 0 Å². The van der Waals surface area contributed by atoms with Gasteiger partial charge in [-0.1, -0.05) is 106 Å². The maximum absolute atomic E-state index is 4.93. The fraction of sp³-hybridized carbons (Fsp3) is 0.938. The van der Waals surface area contributed by atoms with Gasteiger partial charge in [-0.2, -0.15) is 0 Å². The van der Waals surface area contributed by atoms with Crippen molar-refractivity contribution >= 4 is 25.1 Å². The Balaban J connectivity index is 0.00000195. The van der Waals surface area contributed by atoms with E-state index in [1.165, 1.54) is 32.1 Å². The van der Waals surface area contributed by atoms with Gasteiger partial charge in [0.1, 0.15) is 0 Å². The van der Waals surface area contributed by atoms with Gasteiger partial charge in [-0.15, -0.1) is 0 Å². The first-order chi connectivity index (χ1) is 15.9. The number of rotatable bonds is 8. The Labute approximate surface area is 249 Å². The van der Waals surface area contributed by atoms with Crippen molar-refractivity contribution in [2.75, 3.05) is 0 Å². The van der Waals surface area contributed by atoms with Crippen LogP contribution in [0.2, 0.25) is 24.2 Å². The number of unbranched alkanes of at least 4 members (excludes halogenated alkanes) is 1. The van der Waals surface area contributed by atoms with E-state index in [0.717, 1.165) is 52.5 Å². The van der Waals surface area contributed by atoms with Crippen LogP contribution in [0.5, 0.6) is 0 Å². The van der Waals surface area contributed by atoms with Crippen LogP contribution in [0.1, 0.15) is 125 Å². The zero-order valence-electron chi connectivity index (χ0n) is 24.6. The standard InChI is InChI=1S/C29H54Si.CH4.2CH3.2ClH.Zr/c1-6-8-13-22(7-2)19-23-20-29(27-17-12-10-15-25(23)27)30(4,5)28-18-21(3)24-14-9-11-16-26(24)28;;;;;;/h21-29H,6-20H2,1-5H3;1H4;2*1H3;2*1H;/q;;2*-1;;;+4/p-2. The third-order valence-electron chi connectivity index (χ3n) is 11.4. The SMILES string of the molecule is C.CCCCC(CC)CC1CC([Si](C)(C)C2CC(C)C3CCCCC32)C2CCCCC12.[CH3-].[CH3-].[Cl][Zr+2][Cl]. The van der Waals surface area contributed by atoms with Gasteiger partial charge in [0.05, 0.1) is 8.07 Å². The monoisotopic (exact) mass is 636 g/mol. The Morgan fingerprint density at radius 3 is 1.81 bits per heavy atom. The molecule has 0 bridgehead atoms. The molecule has 0 N–H and O–H groups in total. The molecular formula is C32H64Cl2SiZr. The summed E-state index contributed by atoms with van der Waals surface area (Å²) in [6, 6.07) is 0. The maximum atomic E-state index is 4.93. The normalized spacial score (nSPS) is 35.9. The quantitative estimate of drug-likeness (QED) is 0.183. The van der Waals surface area contributed by atoms with E-state index in [2.05, 4.69) is 33.9 Å². The fourth-order valence-electron chi connectivity index (χ4n) is 9.76. The van der Waals surface area contributed by atoms with Gasteiger partial charge in [0.15, 0.2) is 0 Å². The third-order valence-corrected chi connectivity index (χ3v) is 16.5. The molecule has 4 fully saturated rings. The topological polar surface area (TPSA) is 0 Å². The first-order valence-electron chi connectivity index (χ1n) is 14.8. The van der Waals surface area contributed by atoms with E-state index in [1.54, 1.807) is 64.2 Å². The second-order valence-corrected chi connectivity index (χ2v) is 22.0. The molecule has 0 aliphatic heterocycles. The van der Waals surface area contributed by atoms with Gasteiger partial charge in [-0.05, 0) is 84.6 Å². The predicted octanol–water partition coefficient (Wildman–Crippen LogP) is 12.6. The van der Waals surface area contributed by atoms with Gasteiger partial charge in [-0.25, -0.2) is 0 Å². The van der Waals surface area contributed by atoms with Crippen molar-refractivity contribution in [3.05, 3.63) is 14.9 Å². The molecule has 0 aromatic heterocycles. The molecule has 214 valence electrons. The van der Waals surface area contributed by atoms with Crippen molar-refractivity contribution in [1.29, 1.82) is 0 Å². The fourth-order valence-corrected chi connectivity index (χ4v) is 15.2. The molecule has 36 heavy (non-hydrogen) atoms. The second-order valence-electron chi connectivity index (χ2n) is 13.2. The molecule has 4 rings (SSSR count). The van der Waals surface area contributed by atoms with E-state index in [9.17, 15) is 0 Å². The molecule has 0 saturated heterocycles. The number of fused-ring (bicyclic) bond motifs is 2. The average molecular weight is 639 g/mol. The van der Waals surface area contributed by atoms with Gasteiger partial charge < -0.3 is 14.9 Å². The molecule has 4 saturated carbocycles. The van der Waals surface area contributed by atoms with Crippen LogP contribution in [-0.4, -0.2) is 8.07 Å². The van der Waals surface area contributed by atoms with Crippen molar-refractivity contribution in [2.24, 2.45) is 41.4 Å². The zero-order chi connectivity index (χ0) is 24.0. The van der Waals surface area contributed by atoms with E-state index in [4.69, 9.17) is 17.0 Å². The Morgan fingerprint density at radius 2 is 1.28 bits per heavy atom. The van der Waals surface area contributed by atoms with Gasteiger partial charge >= 0.3 is 37.9 Å². The summed E-state index contributed by atoms with van der Waals surface area (Å²) in [7, 11) is 8.64. The average Bonchev–Trinajstić information content (AvgIpc) is 3.36. The van der Waals surface area contributed by atoms with E-state index in [1.807, 2.05) is 0 Å². The molecule has 0 nitrogen and oxygen atoms in total. The number of hydrogen-bond acceptors (Lipinski definition) is 0. The second kappa shape index (κ2) is 18.2. The van der Waals surface area contributed by atoms with Crippen LogP contribution in [0.3, 0.4) is 0 Å². The van der Waals surface area contributed by atoms with Crippen LogP contribution < -0.4 is 0 Å². The summed E-state index contributed by atoms with van der Waals surface area (Å²) in [5.74, 6) is 7.63. The Bertz CT molecular complexity index is 570. The molecule has 0 spiro atoms. The van der Waals surface area contributed by atoms with Crippen molar-refractivity contribution in [2.45, 2.75) is 149 Å². The molecule has 4 aliphatic carbocycles. The van der Waals surface area contributed by atoms with Gasteiger partial charge in [0.2, 0.25) is 0 Å². The summed E-state index contributed by atoms with van der Waals surface area (Å²) in [6.07, 6.45) is 23.2. The molecule has 9 unspecified atom stereocenters. The summed E-state index contributed by atoms with van der Waals surface area (Å²) in [6.45, 7) is 13.3. The molecule has 4 heteroatoms. The zero-order valence-corrected chi connectivity index (χ0v) is 29.5. The first-order valence-corrected chi connectivity index (χ1v) is 24.3. The third kappa shape index (κ3) is 8.84. The summed E-state index contributed by atoms with van der Waals surface area (Å²) in [5.41, 5.74) is 2.32. The molecule has 4 aliphatic rings. The van der Waals surface area contributed by atoms with Crippen molar-refractivity contribution in [3.63, 3.8) is 0 Å². The molecule has 0 amide bonds. The number of hydrogen-bond donors (Lipinski definition) is 0. The minimum absolute atomic E-state index is 0. The minimum atomic E-state index is -1.22. The molecule has 0 radical (unpaired) electrons. The predicted molar refractivity (Wildman–Crippen MR) is 167 cm³/mol. The van der Waals surface area contributed by atoms with E-state index >= 15 is 0 Å². The molecular weight excluding hydrogens is 575 g/mol. The van der Waals surface area contributed by atoms with E-state index in [-0.39, 0.29) is 22.3 Å². The number of halogens is 2. The van der Waals surface area contributed by atoms with Gasteiger partial charge in [0.25, 0.3) is 0 Å². The van der Waals surface area contributed by atoms with Gasteiger partial charge in [-0.3, -0.25) is 0 Å². The summed E-state index contributed by atoms with van der Waals surface area (Å²) >= 11 is -0.826. The van der Waals surface area contributed by atoms with Crippen LogP contribution in [-0.2, 0) is 20.8 Å². The molecule has 0 heterocycles. The summed E-state index contributed by atoms with van der Waals surface area (Å²) < 4.78 is 0. The Morgan fingerprint density at radius 1 is 0.806 bits per heavy atom. The molecule has 9 atom stereocenters. The van der Waals surface area contributed by atoms with Gasteiger partial charge in [0, 0.05) is 0 Å². The van der Waals surface area contributed by atoms with Crippen LogP contribution in [0.4, 0.5) is 0 Å². The van der Waals surface area contributed by atoms with E-state index in [0.29, 0.717) is 0 Å². The van der Waals surface area contributed by atoms with Crippen LogP contribution >= 0.6 is 17.0 Å². The Kier molecular flexibility index (Phi) is 19.0. The van der Waals surface area contributed by atoms with Crippen LogP contribution in [0, 0.1) is 56.3 Å². The van der Waals surface area contributed by atoms with Crippen LogP contribution in [0.25, 0.3) is 0 Å².